The number of nitrogens with one attached hydrogen (secondary N) is 2. The number of carbonyl (C=O) groups is 2. The minimum atomic E-state index is -0.612. The lowest BCUT2D eigenvalue weighted by atomic mass is 10.2. The second kappa shape index (κ2) is 8.64. The zero-order valence-corrected chi connectivity index (χ0v) is 16.5. The van der Waals surface area contributed by atoms with E-state index in [-0.39, 0.29) is 31.4 Å². The molecule has 28 heavy (non-hydrogen) atoms. The fraction of sp³-hybridized carbons (Fsp3) is 0.421. The molecule has 1 aromatic carbocycles. The third kappa shape index (κ3) is 5.63. The van der Waals surface area contributed by atoms with Gasteiger partial charge in [-0.3, -0.25) is 9.59 Å². The molecule has 2 amide bonds. The molecule has 9 heteroatoms. The Morgan fingerprint density at radius 1 is 1.21 bits per heavy atom. The van der Waals surface area contributed by atoms with Crippen LogP contribution in [0.15, 0.2) is 29.1 Å². The zero-order valence-electron chi connectivity index (χ0n) is 16.5. The number of pyridine rings is 1. The van der Waals surface area contributed by atoms with Gasteiger partial charge in [-0.2, -0.15) is 0 Å². The molecular formula is C19H26N4O5. The van der Waals surface area contributed by atoms with Crippen LogP contribution in [0.2, 0.25) is 0 Å². The summed E-state index contributed by atoms with van der Waals surface area (Å²) in [4.78, 5) is 36.1. The molecule has 1 heterocycles. The van der Waals surface area contributed by atoms with Gasteiger partial charge in [-0.1, -0.05) is 0 Å². The van der Waals surface area contributed by atoms with Crippen LogP contribution in [0, 0.1) is 0 Å². The Morgan fingerprint density at radius 2 is 1.93 bits per heavy atom. The third-order valence-electron chi connectivity index (χ3n) is 3.73. The highest BCUT2D eigenvalue weighted by atomic mass is 16.6. The lowest BCUT2D eigenvalue weighted by Gasteiger charge is -2.20. The number of anilines is 1. The Balaban J connectivity index is 2.26. The molecule has 0 aliphatic rings. The number of alkyl carbamates (subject to hydrolysis) is 1. The van der Waals surface area contributed by atoms with Crippen molar-refractivity contribution in [2.24, 2.45) is 0 Å². The third-order valence-corrected chi connectivity index (χ3v) is 3.73. The van der Waals surface area contributed by atoms with Gasteiger partial charge in [-0.15, -0.1) is 0 Å². The normalized spacial score (nSPS) is 11.1. The average Bonchev–Trinajstić information content (AvgIpc) is 2.60. The smallest absolute Gasteiger partial charge is 0.407 e. The summed E-state index contributed by atoms with van der Waals surface area (Å²) >= 11 is 0. The van der Waals surface area contributed by atoms with Crippen LogP contribution < -0.4 is 26.7 Å². The largest absolute Gasteiger partial charge is 0.478 e. The number of fused-ring (bicyclic) bond motifs is 1. The Bertz CT molecular complexity index is 930. The highest BCUT2D eigenvalue weighted by molar-refractivity contribution is 5.84. The van der Waals surface area contributed by atoms with Gasteiger partial charge in [0, 0.05) is 31.2 Å². The van der Waals surface area contributed by atoms with Crippen LogP contribution in [-0.2, 0) is 16.1 Å². The van der Waals surface area contributed by atoms with Gasteiger partial charge in [0.1, 0.15) is 5.60 Å². The van der Waals surface area contributed by atoms with Gasteiger partial charge >= 0.3 is 6.09 Å². The van der Waals surface area contributed by atoms with Crippen molar-refractivity contribution >= 4 is 28.6 Å². The number of ether oxygens (including phenoxy) is 2. The number of nitrogens with two attached hydrogens (primary N) is 1. The second-order valence-corrected chi connectivity index (χ2v) is 7.17. The molecule has 1 aromatic heterocycles. The summed E-state index contributed by atoms with van der Waals surface area (Å²) in [6, 6.07) is 6.67. The van der Waals surface area contributed by atoms with Crippen molar-refractivity contribution in [2.45, 2.75) is 32.9 Å². The second-order valence-electron chi connectivity index (χ2n) is 7.17. The summed E-state index contributed by atoms with van der Waals surface area (Å²) in [6.07, 6.45) is -0.568. The van der Waals surface area contributed by atoms with Gasteiger partial charge in [-0.05, 0) is 45.0 Å². The van der Waals surface area contributed by atoms with Gasteiger partial charge in [0.15, 0.2) is 12.4 Å². The number of nitrogen functional groups attached to an aromatic ring is 1. The van der Waals surface area contributed by atoms with E-state index in [9.17, 15) is 14.4 Å². The zero-order chi connectivity index (χ0) is 20.9. The van der Waals surface area contributed by atoms with E-state index in [0.29, 0.717) is 16.6 Å². The van der Waals surface area contributed by atoms with E-state index in [2.05, 4.69) is 10.6 Å². The molecule has 0 unspecified atom stereocenters. The van der Waals surface area contributed by atoms with E-state index < -0.39 is 17.3 Å². The Kier molecular flexibility index (Phi) is 6.50. The molecule has 0 saturated carbocycles. The van der Waals surface area contributed by atoms with Crippen molar-refractivity contribution in [3.05, 3.63) is 34.6 Å². The molecule has 9 nitrogen and oxygen atoms in total. The van der Waals surface area contributed by atoms with Crippen molar-refractivity contribution in [1.82, 2.24) is 15.2 Å². The van der Waals surface area contributed by atoms with E-state index in [4.69, 9.17) is 15.2 Å². The summed E-state index contributed by atoms with van der Waals surface area (Å²) in [5.74, 6) is -0.329. The molecule has 0 saturated heterocycles. The number of rotatable bonds is 6. The molecule has 4 N–H and O–H groups in total. The quantitative estimate of drug-likeness (QED) is 0.637. The first kappa shape index (κ1) is 21.1. The molecule has 0 aliphatic carbocycles. The van der Waals surface area contributed by atoms with Gasteiger partial charge < -0.3 is 30.4 Å². The maximum Gasteiger partial charge on any atom is 0.407 e. The summed E-state index contributed by atoms with van der Waals surface area (Å²) in [5, 5.41) is 5.73. The minimum Gasteiger partial charge on any atom is -0.478 e. The van der Waals surface area contributed by atoms with Crippen molar-refractivity contribution in [3.63, 3.8) is 0 Å². The molecule has 152 valence electrons. The average molecular weight is 390 g/mol. The number of nitrogens with zero attached hydrogens (tertiary/aromatic N) is 1. The van der Waals surface area contributed by atoms with Crippen molar-refractivity contribution < 1.29 is 19.1 Å². The molecule has 0 radical (unpaired) electrons. The minimum absolute atomic E-state index is 0.0268. The maximum absolute atomic E-state index is 12.8. The summed E-state index contributed by atoms with van der Waals surface area (Å²) < 4.78 is 12.0. The molecule has 0 fully saturated rings. The maximum atomic E-state index is 12.8. The van der Waals surface area contributed by atoms with Gasteiger partial charge in [0.05, 0.1) is 5.52 Å². The topological polar surface area (TPSA) is 125 Å². The van der Waals surface area contributed by atoms with Gasteiger partial charge in [-0.25, -0.2) is 4.79 Å². The van der Waals surface area contributed by atoms with Crippen LogP contribution in [0.25, 0.3) is 10.9 Å². The summed E-state index contributed by atoms with van der Waals surface area (Å²) in [7, 11) is 1.48. The number of benzene rings is 1. The molecule has 0 spiro atoms. The Labute approximate surface area is 162 Å². The Morgan fingerprint density at radius 3 is 2.57 bits per heavy atom. The number of likely N-dealkylation sites (N-methyl/N-ethyl adjacent to an activating group) is 1. The Hall–Kier alpha value is -3.23. The van der Waals surface area contributed by atoms with E-state index in [1.807, 2.05) is 0 Å². The van der Waals surface area contributed by atoms with E-state index in [1.165, 1.54) is 11.6 Å². The van der Waals surface area contributed by atoms with Gasteiger partial charge in [0.2, 0.25) is 0 Å². The number of amides is 2. The monoisotopic (exact) mass is 390 g/mol. The summed E-state index contributed by atoms with van der Waals surface area (Å²) in [6.45, 7) is 5.38. The number of hydrogen-bond donors (Lipinski definition) is 3. The van der Waals surface area contributed by atoms with Crippen LogP contribution in [0.4, 0.5) is 10.5 Å². The molecular weight excluding hydrogens is 364 g/mol. The van der Waals surface area contributed by atoms with Crippen molar-refractivity contribution in [2.75, 3.05) is 25.9 Å². The molecule has 0 bridgehead atoms. The SMILES string of the molecule is CNC(=O)COc1cc2cc(N)ccc2n(CCNC(=O)OC(C)(C)C)c1=O. The van der Waals surface area contributed by atoms with Crippen molar-refractivity contribution in [3.8, 4) is 5.75 Å². The van der Waals surface area contributed by atoms with E-state index in [0.717, 1.165) is 0 Å². The highest BCUT2D eigenvalue weighted by Crippen LogP contribution is 2.20. The first-order chi connectivity index (χ1) is 13.1. The first-order valence-corrected chi connectivity index (χ1v) is 8.84. The van der Waals surface area contributed by atoms with Crippen molar-refractivity contribution in [1.29, 1.82) is 0 Å². The lowest BCUT2D eigenvalue weighted by molar-refractivity contribution is -0.122. The molecule has 0 atom stereocenters. The predicted molar refractivity (Wildman–Crippen MR) is 106 cm³/mol. The molecule has 2 aromatic rings. The van der Waals surface area contributed by atoms with Gasteiger partial charge in [0.25, 0.3) is 11.5 Å². The number of carbonyl (C=O) groups excluding carboxylic acids is 2. The van der Waals surface area contributed by atoms with Crippen LogP contribution in [0.5, 0.6) is 5.75 Å². The molecule has 0 aliphatic heterocycles. The lowest BCUT2D eigenvalue weighted by Crippen LogP contribution is -2.36. The highest BCUT2D eigenvalue weighted by Gasteiger charge is 2.16. The molecule has 2 rings (SSSR count). The predicted octanol–water partition coefficient (Wildman–Crippen LogP) is 1.23. The van der Waals surface area contributed by atoms with Crippen LogP contribution in [0.3, 0.4) is 0 Å². The summed E-state index contributed by atoms with van der Waals surface area (Å²) in [5.41, 5.74) is 5.98. The van der Waals surface area contributed by atoms with E-state index in [1.54, 1.807) is 45.0 Å². The number of hydrogen-bond acceptors (Lipinski definition) is 6. The standard InChI is InChI=1S/C19H26N4O5/c1-19(2,3)28-18(26)22-7-8-23-14-6-5-13(20)9-12(14)10-15(17(23)25)27-11-16(24)21-4/h5-6,9-10H,7-8,11,20H2,1-4H3,(H,21,24)(H,22,26). The van der Waals surface area contributed by atoms with E-state index >= 15 is 0 Å². The van der Waals surface area contributed by atoms with Crippen LogP contribution >= 0.6 is 0 Å². The fourth-order valence-electron chi connectivity index (χ4n) is 2.50. The first-order valence-electron chi connectivity index (χ1n) is 8.84. The van der Waals surface area contributed by atoms with Crippen LogP contribution in [-0.4, -0.2) is 42.4 Å². The number of aromatic nitrogens is 1. The fourth-order valence-corrected chi connectivity index (χ4v) is 2.50. The van der Waals surface area contributed by atoms with Crippen LogP contribution in [0.1, 0.15) is 20.8 Å².